The fraction of sp³-hybridized carbons (Fsp3) is 0.688. The topological polar surface area (TPSA) is 37.4 Å². The fourth-order valence-corrected chi connectivity index (χ4v) is 2.44. The highest BCUT2D eigenvalue weighted by atomic mass is 35.5. The van der Waals surface area contributed by atoms with Gasteiger partial charge >= 0.3 is 0 Å². The Bertz CT molecular complexity index is 413. The predicted molar refractivity (Wildman–Crippen MR) is 90.2 cm³/mol. The Hall–Kier alpha value is -0.840. The van der Waals surface area contributed by atoms with E-state index >= 15 is 0 Å². The molecule has 0 radical (unpaired) electrons. The normalized spacial score (nSPS) is 11.1. The summed E-state index contributed by atoms with van der Waals surface area (Å²) < 4.78 is 5.18. The number of methoxy groups -OCH3 is 1. The lowest BCUT2D eigenvalue weighted by molar-refractivity contribution is 0.204. The SMILES string of the molecule is CCCNCc1cnc(N(CCOC)CC(C)C)c(Cl)c1. The Morgan fingerprint density at radius 1 is 1.43 bits per heavy atom. The summed E-state index contributed by atoms with van der Waals surface area (Å²) in [7, 11) is 1.71. The molecule has 5 heteroatoms. The first-order valence-corrected chi connectivity index (χ1v) is 8.05. The van der Waals surface area contributed by atoms with E-state index in [-0.39, 0.29) is 0 Å². The summed E-state index contributed by atoms with van der Waals surface area (Å²) >= 11 is 6.43. The Kier molecular flexibility index (Phi) is 8.66. The van der Waals surface area contributed by atoms with Crippen LogP contribution in [0.15, 0.2) is 12.3 Å². The van der Waals surface area contributed by atoms with Crippen molar-refractivity contribution in [3.05, 3.63) is 22.8 Å². The van der Waals surface area contributed by atoms with Crippen molar-refractivity contribution in [2.45, 2.75) is 33.7 Å². The zero-order chi connectivity index (χ0) is 15.7. The van der Waals surface area contributed by atoms with E-state index in [2.05, 4.69) is 36.0 Å². The van der Waals surface area contributed by atoms with Crippen molar-refractivity contribution in [3.63, 3.8) is 0 Å². The molecule has 1 rings (SSSR count). The van der Waals surface area contributed by atoms with Crippen LogP contribution < -0.4 is 10.2 Å². The number of hydrogen-bond donors (Lipinski definition) is 1. The third kappa shape index (κ3) is 6.64. The number of anilines is 1. The maximum absolute atomic E-state index is 6.43. The summed E-state index contributed by atoms with van der Waals surface area (Å²) in [5.74, 6) is 1.40. The molecule has 0 bridgehead atoms. The summed E-state index contributed by atoms with van der Waals surface area (Å²) in [6.07, 6.45) is 3.03. The molecule has 1 aromatic heterocycles. The monoisotopic (exact) mass is 313 g/mol. The van der Waals surface area contributed by atoms with Gasteiger partial charge in [-0.15, -0.1) is 0 Å². The van der Waals surface area contributed by atoms with Crippen molar-refractivity contribution < 1.29 is 4.74 Å². The zero-order valence-corrected chi connectivity index (χ0v) is 14.4. The van der Waals surface area contributed by atoms with Crippen molar-refractivity contribution in [2.24, 2.45) is 5.92 Å². The van der Waals surface area contributed by atoms with Gasteiger partial charge in [-0.05, 0) is 30.5 Å². The van der Waals surface area contributed by atoms with Gasteiger partial charge in [-0.1, -0.05) is 32.4 Å². The van der Waals surface area contributed by atoms with Crippen LogP contribution in [0.4, 0.5) is 5.82 Å². The third-order valence-electron chi connectivity index (χ3n) is 3.08. The van der Waals surface area contributed by atoms with E-state index in [1.165, 1.54) is 0 Å². The predicted octanol–water partition coefficient (Wildman–Crippen LogP) is 3.34. The van der Waals surface area contributed by atoms with Gasteiger partial charge in [0.1, 0.15) is 5.82 Å². The molecule has 0 saturated carbocycles. The van der Waals surface area contributed by atoms with Crippen LogP contribution in [0, 0.1) is 5.92 Å². The van der Waals surface area contributed by atoms with E-state index in [1.54, 1.807) is 7.11 Å². The lowest BCUT2D eigenvalue weighted by Crippen LogP contribution is -2.32. The van der Waals surface area contributed by atoms with Crippen LogP contribution in [-0.4, -0.2) is 38.3 Å². The number of ether oxygens (including phenoxy) is 1. The molecule has 0 atom stereocenters. The lowest BCUT2D eigenvalue weighted by Gasteiger charge is -2.26. The van der Waals surface area contributed by atoms with E-state index in [4.69, 9.17) is 16.3 Å². The van der Waals surface area contributed by atoms with Crippen LogP contribution in [0.2, 0.25) is 5.02 Å². The molecule has 1 aromatic rings. The molecule has 1 N–H and O–H groups in total. The maximum atomic E-state index is 6.43. The van der Waals surface area contributed by atoms with Gasteiger partial charge in [-0.2, -0.15) is 0 Å². The summed E-state index contributed by atoms with van der Waals surface area (Å²) in [6.45, 7) is 10.7. The van der Waals surface area contributed by atoms with Gasteiger partial charge in [0, 0.05) is 32.9 Å². The van der Waals surface area contributed by atoms with Gasteiger partial charge in [0.25, 0.3) is 0 Å². The molecule has 120 valence electrons. The maximum Gasteiger partial charge on any atom is 0.147 e. The first-order valence-electron chi connectivity index (χ1n) is 7.67. The van der Waals surface area contributed by atoms with Gasteiger partial charge < -0.3 is 15.0 Å². The minimum absolute atomic E-state index is 0.547. The van der Waals surface area contributed by atoms with Crippen LogP contribution in [-0.2, 0) is 11.3 Å². The number of aromatic nitrogens is 1. The third-order valence-corrected chi connectivity index (χ3v) is 3.36. The van der Waals surface area contributed by atoms with Gasteiger partial charge in [0.2, 0.25) is 0 Å². The lowest BCUT2D eigenvalue weighted by atomic mass is 10.2. The average Bonchev–Trinajstić information content (AvgIpc) is 2.44. The van der Waals surface area contributed by atoms with Crippen molar-refractivity contribution in [1.29, 1.82) is 0 Å². The fourth-order valence-electron chi connectivity index (χ4n) is 2.14. The molecule has 0 saturated heterocycles. The molecule has 0 fully saturated rings. The smallest absolute Gasteiger partial charge is 0.147 e. The second-order valence-electron chi connectivity index (χ2n) is 5.66. The molecule has 0 aliphatic rings. The summed E-state index contributed by atoms with van der Waals surface area (Å²) in [4.78, 5) is 6.76. The standard InChI is InChI=1S/C16H28ClN3O/c1-5-6-18-10-14-9-15(17)16(19-11-14)20(7-8-21-4)12-13(2)3/h9,11,13,18H,5-8,10,12H2,1-4H3. The minimum Gasteiger partial charge on any atom is -0.383 e. The highest BCUT2D eigenvalue weighted by molar-refractivity contribution is 6.33. The molecule has 1 heterocycles. The van der Waals surface area contributed by atoms with Crippen molar-refractivity contribution in [3.8, 4) is 0 Å². The van der Waals surface area contributed by atoms with E-state index in [0.29, 0.717) is 17.5 Å². The first kappa shape index (κ1) is 18.2. The van der Waals surface area contributed by atoms with Crippen LogP contribution in [0.1, 0.15) is 32.8 Å². The Morgan fingerprint density at radius 3 is 2.76 bits per heavy atom. The Labute approximate surface area is 133 Å². The highest BCUT2D eigenvalue weighted by Crippen LogP contribution is 2.24. The summed E-state index contributed by atoms with van der Waals surface area (Å²) in [5.41, 5.74) is 1.12. The summed E-state index contributed by atoms with van der Waals surface area (Å²) in [6, 6.07) is 2.01. The van der Waals surface area contributed by atoms with Crippen LogP contribution in [0.5, 0.6) is 0 Å². The molecule has 21 heavy (non-hydrogen) atoms. The number of nitrogens with zero attached hydrogens (tertiary/aromatic N) is 2. The number of pyridine rings is 1. The van der Waals surface area contributed by atoms with Gasteiger partial charge in [0.15, 0.2) is 0 Å². The Morgan fingerprint density at radius 2 is 2.19 bits per heavy atom. The first-order chi connectivity index (χ1) is 10.1. The molecule has 0 aromatic carbocycles. The number of nitrogens with one attached hydrogen (secondary N) is 1. The zero-order valence-electron chi connectivity index (χ0n) is 13.7. The number of halogens is 1. The molecular formula is C16H28ClN3O. The number of hydrogen-bond acceptors (Lipinski definition) is 4. The highest BCUT2D eigenvalue weighted by Gasteiger charge is 2.14. The van der Waals surface area contributed by atoms with Gasteiger partial charge in [-0.25, -0.2) is 4.98 Å². The molecule has 0 aliphatic heterocycles. The van der Waals surface area contributed by atoms with Crippen LogP contribution in [0.3, 0.4) is 0 Å². The number of rotatable bonds is 10. The molecular weight excluding hydrogens is 286 g/mol. The largest absolute Gasteiger partial charge is 0.383 e. The van der Waals surface area contributed by atoms with E-state index in [1.807, 2.05) is 12.3 Å². The van der Waals surface area contributed by atoms with Crippen molar-refractivity contribution in [2.75, 3.05) is 38.3 Å². The molecule has 0 amide bonds. The minimum atomic E-state index is 0.547. The molecule has 0 spiro atoms. The average molecular weight is 314 g/mol. The van der Waals surface area contributed by atoms with Gasteiger partial charge in [0.05, 0.1) is 11.6 Å². The quantitative estimate of drug-likeness (QED) is 0.672. The van der Waals surface area contributed by atoms with E-state index in [9.17, 15) is 0 Å². The van der Waals surface area contributed by atoms with Crippen molar-refractivity contribution in [1.82, 2.24) is 10.3 Å². The second kappa shape index (κ2) is 9.98. The van der Waals surface area contributed by atoms with E-state index in [0.717, 1.165) is 44.0 Å². The summed E-state index contributed by atoms with van der Waals surface area (Å²) in [5, 5.41) is 4.07. The van der Waals surface area contributed by atoms with E-state index < -0.39 is 0 Å². The molecule has 0 aliphatic carbocycles. The van der Waals surface area contributed by atoms with Gasteiger partial charge in [-0.3, -0.25) is 0 Å². The second-order valence-corrected chi connectivity index (χ2v) is 6.07. The van der Waals surface area contributed by atoms with Crippen LogP contribution in [0.25, 0.3) is 0 Å². The molecule has 0 unspecified atom stereocenters. The van der Waals surface area contributed by atoms with Crippen LogP contribution >= 0.6 is 11.6 Å². The Balaban J connectivity index is 2.78. The molecule has 4 nitrogen and oxygen atoms in total. The van der Waals surface area contributed by atoms with Crippen molar-refractivity contribution >= 4 is 17.4 Å².